The van der Waals surface area contributed by atoms with Gasteiger partial charge in [0.25, 0.3) is 5.91 Å². The molecule has 0 radical (unpaired) electrons. The number of amides is 1. The van der Waals surface area contributed by atoms with Crippen molar-refractivity contribution < 1.29 is 19.1 Å². The molecule has 0 saturated heterocycles. The maximum Gasteiger partial charge on any atom is 0.259 e. The number of thiophene rings is 1. The highest BCUT2D eigenvalue weighted by Gasteiger charge is 2.15. The number of aromatic carboxylic acids is 1. The number of carbonyl (C=O) groups excluding carboxylic acids is 2. The van der Waals surface area contributed by atoms with Crippen LogP contribution in [0.5, 0.6) is 0 Å². The minimum Gasteiger partial charge on any atom is -0.545 e. The Morgan fingerprint density at radius 3 is 2.60 bits per heavy atom. The minimum absolute atomic E-state index is 0.0865. The van der Waals surface area contributed by atoms with E-state index in [1.807, 2.05) is 6.92 Å². The number of carboxylic acids is 1. The Bertz CT molecular complexity index is 666. The molecule has 0 bridgehead atoms. The predicted molar refractivity (Wildman–Crippen MR) is 72.4 cm³/mol. The minimum atomic E-state index is -1.37. The first-order chi connectivity index (χ1) is 9.52. The van der Waals surface area contributed by atoms with Gasteiger partial charge >= 0.3 is 0 Å². The molecule has 0 unspecified atom stereocenters. The van der Waals surface area contributed by atoms with E-state index in [1.165, 1.54) is 30.3 Å². The summed E-state index contributed by atoms with van der Waals surface area (Å²) in [4.78, 5) is 23.8. The Morgan fingerprint density at radius 1 is 1.30 bits per heavy atom. The predicted octanol–water partition coefficient (Wildman–Crippen LogP) is 2.07. The maximum atomic E-state index is 13.5. The van der Waals surface area contributed by atoms with Crippen LogP contribution in [0.15, 0.2) is 30.3 Å². The largest absolute Gasteiger partial charge is 0.545 e. The van der Waals surface area contributed by atoms with Crippen molar-refractivity contribution in [1.29, 1.82) is 0 Å². The summed E-state index contributed by atoms with van der Waals surface area (Å²) in [5, 5.41) is 13.6. The lowest BCUT2D eigenvalue weighted by molar-refractivity contribution is -0.254. The number of aryl methyl sites for hydroxylation is 1. The van der Waals surface area contributed by atoms with Crippen LogP contribution in [-0.2, 0) is 6.42 Å². The van der Waals surface area contributed by atoms with Crippen LogP contribution in [0, 0.1) is 5.82 Å². The van der Waals surface area contributed by atoms with Gasteiger partial charge in [-0.3, -0.25) is 4.79 Å². The maximum absolute atomic E-state index is 13.5. The van der Waals surface area contributed by atoms with Gasteiger partial charge in [-0.25, -0.2) is 4.39 Å². The summed E-state index contributed by atoms with van der Waals surface area (Å²) in [6.07, 6.45) is 0.639. The lowest BCUT2D eigenvalue weighted by Crippen LogP contribution is -2.23. The molecular weight excluding hydrogens is 281 g/mol. The molecular formula is C14H11FNO3S-. The molecule has 0 aliphatic carbocycles. The Kier molecular flexibility index (Phi) is 4.14. The van der Waals surface area contributed by atoms with Crippen molar-refractivity contribution in [2.24, 2.45) is 0 Å². The number of rotatable bonds is 4. The van der Waals surface area contributed by atoms with Gasteiger partial charge in [0.15, 0.2) is 0 Å². The number of carboxylic acid groups (broad SMARTS) is 1. The van der Waals surface area contributed by atoms with Gasteiger partial charge in [-0.1, -0.05) is 19.1 Å². The molecule has 1 N–H and O–H groups in total. The first kappa shape index (κ1) is 14.2. The first-order valence-electron chi connectivity index (χ1n) is 5.92. The molecule has 104 valence electrons. The van der Waals surface area contributed by atoms with E-state index < -0.39 is 17.7 Å². The molecule has 0 saturated carbocycles. The summed E-state index contributed by atoms with van der Waals surface area (Å²) in [5.41, 5.74) is -0.222. The average molecular weight is 292 g/mol. The van der Waals surface area contributed by atoms with E-state index in [9.17, 15) is 19.1 Å². The number of halogens is 1. The molecule has 1 aromatic carbocycles. The van der Waals surface area contributed by atoms with Crippen LogP contribution in [0.1, 0.15) is 32.5 Å². The third kappa shape index (κ3) is 2.85. The van der Waals surface area contributed by atoms with Crippen LogP contribution < -0.4 is 10.4 Å². The third-order valence-corrected chi connectivity index (χ3v) is 3.89. The molecule has 0 fully saturated rings. The van der Waals surface area contributed by atoms with Gasteiger partial charge in [-0.2, -0.15) is 0 Å². The van der Waals surface area contributed by atoms with Gasteiger partial charge in [-0.15, -0.1) is 11.3 Å². The highest BCUT2D eigenvalue weighted by atomic mass is 32.1. The lowest BCUT2D eigenvalue weighted by atomic mass is 10.2. The van der Waals surface area contributed by atoms with E-state index in [1.54, 1.807) is 0 Å². The second kappa shape index (κ2) is 5.83. The van der Waals surface area contributed by atoms with Gasteiger partial charge in [0.05, 0.1) is 11.5 Å². The number of benzene rings is 1. The van der Waals surface area contributed by atoms with Crippen molar-refractivity contribution >= 4 is 28.2 Å². The zero-order valence-electron chi connectivity index (χ0n) is 10.6. The number of hydrogen-bond donors (Lipinski definition) is 1. The number of hydrogen-bond acceptors (Lipinski definition) is 4. The average Bonchev–Trinajstić information content (AvgIpc) is 2.82. The third-order valence-electron chi connectivity index (χ3n) is 2.70. The Balaban J connectivity index is 2.30. The van der Waals surface area contributed by atoms with Crippen molar-refractivity contribution in [2.75, 3.05) is 5.32 Å². The molecule has 1 heterocycles. The molecule has 20 heavy (non-hydrogen) atoms. The molecule has 1 amide bonds. The van der Waals surface area contributed by atoms with Crippen LogP contribution in [0.25, 0.3) is 0 Å². The van der Waals surface area contributed by atoms with Crippen molar-refractivity contribution in [1.82, 2.24) is 0 Å². The van der Waals surface area contributed by atoms with Crippen LogP contribution in [0.3, 0.4) is 0 Å². The molecule has 0 spiro atoms. The molecule has 4 nitrogen and oxygen atoms in total. The SMILES string of the molecule is CCc1cc(C(=O)[O-])c(NC(=O)c2ccccc2F)s1. The van der Waals surface area contributed by atoms with Gasteiger partial charge in [0.2, 0.25) is 0 Å². The fraction of sp³-hybridized carbons (Fsp3) is 0.143. The summed E-state index contributed by atoms with van der Waals surface area (Å²) in [6, 6.07) is 6.96. The first-order valence-corrected chi connectivity index (χ1v) is 6.74. The smallest absolute Gasteiger partial charge is 0.259 e. The fourth-order valence-corrected chi connectivity index (χ4v) is 2.66. The highest BCUT2D eigenvalue weighted by molar-refractivity contribution is 7.16. The lowest BCUT2D eigenvalue weighted by Gasteiger charge is -2.07. The van der Waals surface area contributed by atoms with Gasteiger partial charge in [0, 0.05) is 10.4 Å². The van der Waals surface area contributed by atoms with Crippen molar-refractivity contribution in [2.45, 2.75) is 13.3 Å². The van der Waals surface area contributed by atoms with E-state index in [2.05, 4.69) is 5.32 Å². The van der Waals surface area contributed by atoms with Gasteiger partial charge in [-0.05, 0) is 24.6 Å². The van der Waals surface area contributed by atoms with Crippen LogP contribution in [0.2, 0.25) is 0 Å². The zero-order chi connectivity index (χ0) is 14.7. The normalized spacial score (nSPS) is 10.3. The van der Waals surface area contributed by atoms with E-state index in [4.69, 9.17) is 0 Å². The van der Waals surface area contributed by atoms with E-state index >= 15 is 0 Å². The summed E-state index contributed by atoms with van der Waals surface area (Å²) in [7, 11) is 0. The molecule has 0 aliphatic heterocycles. The molecule has 1 aromatic heterocycles. The van der Waals surface area contributed by atoms with E-state index in [0.717, 1.165) is 16.2 Å². The second-order valence-corrected chi connectivity index (χ2v) is 5.17. The van der Waals surface area contributed by atoms with E-state index in [-0.39, 0.29) is 16.1 Å². The summed E-state index contributed by atoms with van der Waals surface area (Å²) in [5.74, 6) is -2.72. The van der Waals surface area contributed by atoms with Gasteiger partial charge in [0.1, 0.15) is 10.8 Å². The number of carbonyl (C=O) groups is 2. The van der Waals surface area contributed by atoms with Gasteiger partial charge < -0.3 is 15.2 Å². The van der Waals surface area contributed by atoms with Crippen LogP contribution in [0.4, 0.5) is 9.39 Å². The molecule has 2 rings (SSSR count). The summed E-state index contributed by atoms with van der Waals surface area (Å²) in [6.45, 7) is 1.87. The Labute approximate surface area is 118 Å². The second-order valence-electron chi connectivity index (χ2n) is 4.03. The monoisotopic (exact) mass is 292 g/mol. The quantitative estimate of drug-likeness (QED) is 0.937. The van der Waals surface area contributed by atoms with Crippen LogP contribution in [-0.4, -0.2) is 11.9 Å². The van der Waals surface area contributed by atoms with Crippen molar-refractivity contribution in [3.8, 4) is 0 Å². The van der Waals surface area contributed by atoms with Crippen molar-refractivity contribution in [3.05, 3.63) is 52.2 Å². The Morgan fingerprint density at radius 2 is 2.00 bits per heavy atom. The molecule has 2 aromatic rings. The fourth-order valence-electron chi connectivity index (χ4n) is 1.68. The topological polar surface area (TPSA) is 69.2 Å². The van der Waals surface area contributed by atoms with E-state index in [0.29, 0.717) is 6.42 Å². The summed E-state index contributed by atoms with van der Waals surface area (Å²) >= 11 is 1.14. The zero-order valence-corrected chi connectivity index (χ0v) is 11.4. The molecule has 0 atom stereocenters. The Hall–Kier alpha value is -2.21. The van der Waals surface area contributed by atoms with Crippen LogP contribution >= 0.6 is 11.3 Å². The number of anilines is 1. The molecule has 0 aliphatic rings. The highest BCUT2D eigenvalue weighted by Crippen LogP contribution is 2.28. The standard InChI is InChI=1S/C14H12FNO3S/c1-2-8-7-10(14(18)19)13(20-8)16-12(17)9-5-3-4-6-11(9)15/h3-7H,2H2,1H3,(H,16,17)(H,18,19)/p-1. The number of nitrogens with one attached hydrogen (secondary N) is 1. The summed E-state index contributed by atoms with van der Waals surface area (Å²) < 4.78 is 13.5. The molecule has 6 heteroatoms. The van der Waals surface area contributed by atoms with Crippen molar-refractivity contribution in [3.63, 3.8) is 0 Å².